The SMILES string of the molecule is CC(C)COC(=O)CCCCC(=O)OC1COCOC1. The molecule has 0 aromatic carbocycles. The van der Waals surface area contributed by atoms with E-state index in [1.54, 1.807) is 0 Å². The summed E-state index contributed by atoms with van der Waals surface area (Å²) in [6.07, 6.45) is 1.57. The molecule has 6 heteroatoms. The minimum absolute atomic E-state index is 0.207. The van der Waals surface area contributed by atoms with Gasteiger partial charge in [-0.15, -0.1) is 0 Å². The summed E-state index contributed by atoms with van der Waals surface area (Å²) in [7, 11) is 0. The zero-order valence-electron chi connectivity index (χ0n) is 12.3. The summed E-state index contributed by atoms with van der Waals surface area (Å²) in [6.45, 7) is 5.44. The highest BCUT2D eigenvalue weighted by molar-refractivity contribution is 5.70. The number of hydrogen-bond donors (Lipinski definition) is 0. The van der Waals surface area contributed by atoms with Gasteiger partial charge in [0.2, 0.25) is 0 Å². The Kier molecular flexibility index (Phi) is 8.22. The Labute approximate surface area is 119 Å². The third-order valence-corrected chi connectivity index (χ3v) is 2.66. The molecule has 1 aliphatic rings. The largest absolute Gasteiger partial charge is 0.465 e. The van der Waals surface area contributed by atoms with Gasteiger partial charge in [-0.05, 0) is 18.8 Å². The van der Waals surface area contributed by atoms with Crippen molar-refractivity contribution in [2.45, 2.75) is 45.6 Å². The van der Waals surface area contributed by atoms with E-state index in [2.05, 4.69) is 0 Å². The molecule has 1 saturated heterocycles. The second kappa shape index (κ2) is 9.72. The van der Waals surface area contributed by atoms with Crippen LogP contribution in [0.1, 0.15) is 39.5 Å². The maximum absolute atomic E-state index is 11.5. The van der Waals surface area contributed by atoms with Crippen molar-refractivity contribution in [3.63, 3.8) is 0 Å². The van der Waals surface area contributed by atoms with E-state index in [1.807, 2.05) is 13.8 Å². The van der Waals surface area contributed by atoms with Crippen molar-refractivity contribution < 1.29 is 28.5 Å². The molecule has 0 bridgehead atoms. The summed E-state index contributed by atoms with van der Waals surface area (Å²) >= 11 is 0. The third kappa shape index (κ3) is 8.12. The highest BCUT2D eigenvalue weighted by Crippen LogP contribution is 2.07. The Morgan fingerprint density at radius 3 is 2.30 bits per heavy atom. The lowest BCUT2D eigenvalue weighted by atomic mass is 10.2. The molecular weight excluding hydrogens is 264 g/mol. The molecule has 0 aromatic heterocycles. The van der Waals surface area contributed by atoms with Crippen molar-refractivity contribution in [2.24, 2.45) is 5.92 Å². The summed E-state index contributed by atoms with van der Waals surface area (Å²) in [6, 6.07) is 0. The van der Waals surface area contributed by atoms with Gasteiger partial charge in [0, 0.05) is 12.8 Å². The van der Waals surface area contributed by atoms with Gasteiger partial charge >= 0.3 is 11.9 Å². The van der Waals surface area contributed by atoms with Crippen LogP contribution < -0.4 is 0 Å². The standard InChI is InChI=1S/C14H24O6/c1-11(2)7-19-13(15)5-3-4-6-14(16)20-12-8-17-10-18-9-12/h11-12H,3-10H2,1-2H3. The van der Waals surface area contributed by atoms with Crippen LogP contribution in [0, 0.1) is 5.92 Å². The number of rotatable bonds is 8. The van der Waals surface area contributed by atoms with Crippen LogP contribution in [0.5, 0.6) is 0 Å². The molecular formula is C14H24O6. The second-order valence-electron chi connectivity index (χ2n) is 5.26. The molecule has 0 atom stereocenters. The summed E-state index contributed by atoms with van der Waals surface area (Å²) in [5, 5.41) is 0. The Morgan fingerprint density at radius 1 is 1.10 bits per heavy atom. The number of unbranched alkanes of at least 4 members (excludes halogenated alkanes) is 1. The van der Waals surface area contributed by atoms with Gasteiger partial charge < -0.3 is 18.9 Å². The van der Waals surface area contributed by atoms with Gasteiger partial charge in [0.25, 0.3) is 0 Å². The van der Waals surface area contributed by atoms with Crippen molar-refractivity contribution in [1.29, 1.82) is 0 Å². The van der Waals surface area contributed by atoms with Gasteiger partial charge in [0.05, 0.1) is 19.8 Å². The van der Waals surface area contributed by atoms with Crippen LogP contribution in [0.15, 0.2) is 0 Å². The number of carbonyl (C=O) groups is 2. The first-order valence-electron chi connectivity index (χ1n) is 7.08. The van der Waals surface area contributed by atoms with Crippen LogP contribution in [0.4, 0.5) is 0 Å². The molecule has 0 saturated carbocycles. The van der Waals surface area contributed by atoms with Gasteiger partial charge in [-0.2, -0.15) is 0 Å². The quantitative estimate of drug-likeness (QED) is 0.500. The van der Waals surface area contributed by atoms with E-state index in [0.717, 1.165) is 0 Å². The van der Waals surface area contributed by atoms with Crippen molar-refractivity contribution >= 4 is 11.9 Å². The van der Waals surface area contributed by atoms with E-state index < -0.39 is 0 Å². The highest BCUT2D eigenvalue weighted by atomic mass is 16.7. The number of carbonyl (C=O) groups excluding carboxylic acids is 2. The van der Waals surface area contributed by atoms with E-state index in [9.17, 15) is 9.59 Å². The Bertz CT molecular complexity index is 296. The second-order valence-corrected chi connectivity index (χ2v) is 5.26. The van der Waals surface area contributed by atoms with Gasteiger partial charge in [0.1, 0.15) is 12.9 Å². The van der Waals surface area contributed by atoms with E-state index in [4.69, 9.17) is 18.9 Å². The van der Waals surface area contributed by atoms with Crippen molar-refractivity contribution in [3.05, 3.63) is 0 Å². The summed E-state index contributed by atoms with van der Waals surface area (Å²) in [4.78, 5) is 22.9. The monoisotopic (exact) mass is 288 g/mol. The Morgan fingerprint density at radius 2 is 1.70 bits per heavy atom. The maximum Gasteiger partial charge on any atom is 0.306 e. The molecule has 0 spiro atoms. The van der Waals surface area contributed by atoms with E-state index >= 15 is 0 Å². The lowest BCUT2D eigenvalue weighted by Crippen LogP contribution is -2.33. The van der Waals surface area contributed by atoms with Gasteiger partial charge in [-0.25, -0.2) is 0 Å². The Balaban J connectivity index is 1.99. The van der Waals surface area contributed by atoms with Crippen LogP contribution in [-0.4, -0.2) is 44.7 Å². The fraction of sp³-hybridized carbons (Fsp3) is 0.857. The number of ether oxygens (including phenoxy) is 4. The lowest BCUT2D eigenvalue weighted by Gasteiger charge is -2.22. The molecule has 0 unspecified atom stereocenters. The van der Waals surface area contributed by atoms with Crippen LogP contribution in [-0.2, 0) is 28.5 Å². The summed E-state index contributed by atoms with van der Waals surface area (Å²) in [5.74, 6) is -0.144. The normalized spacial score (nSPS) is 16.1. The van der Waals surface area contributed by atoms with E-state index in [-0.39, 0.29) is 24.8 Å². The van der Waals surface area contributed by atoms with Crippen molar-refractivity contribution in [1.82, 2.24) is 0 Å². The smallest absolute Gasteiger partial charge is 0.306 e. The third-order valence-electron chi connectivity index (χ3n) is 2.66. The number of hydrogen-bond acceptors (Lipinski definition) is 6. The first-order valence-corrected chi connectivity index (χ1v) is 7.08. The number of esters is 2. The van der Waals surface area contributed by atoms with Crippen LogP contribution in [0.25, 0.3) is 0 Å². The molecule has 1 fully saturated rings. The molecule has 0 amide bonds. The minimum Gasteiger partial charge on any atom is -0.465 e. The van der Waals surface area contributed by atoms with E-state index in [1.165, 1.54) is 0 Å². The van der Waals surface area contributed by atoms with Gasteiger partial charge in [-0.1, -0.05) is 13.8 Å². The molecule has 1 heterocycles. The topological polar surface area (TPSA) is 71.1 Å². The van der Waals surface area contributed by atoms with Gasteiger partial charge in [-0.3, -0.25) is 9.59 Å². The van der Waals surface area contributed by atoms with Crippen molar-refractivity contribution in [3.8, 4) is 0 Å². The average molecular weight is 288 g/mol. The summed E-state index contributed by atoms with van der Waals surface area (Å²) in [5.41, 5.74) is 0. The summed E-state index contributed by atoms with van der Waals surface area (Å²) < 4.78 is 20.3. The zero-order chi connectivity index (χ0) is 14.8. The molecule has 6 nitrogen and oxygen atoms in total. The fourth-order valence-corrected chi connectivity index (χ4v) is 1.65. The zero-order valence-corrected chi connectivity index (χ0v) is 12.3. The van der Waals surface area contributed by atoms with Gasteiger partial charge in [0.15, 0.2) is 0 Å². The minimum atomic E-state index is -0.313. The predicted molar refractivity (Wildman–Crippen MR) is 70.9 cm³/mol. The van der Waals surface area contributed by atoms with Crippen molar-refractivity contribution in [2.75, 3.05) is 26.6 Å². The highest BCUT2D eigenvalue weighted by Gasteiger charge is 2.18. The molecule has 20 heavy (non-hydrogen) atoms. The molecule has 0 aromatic rings. The first kappa shape index (κ1) is 16.9. The molecule has 0 radical (unpaired) electrons. The predicted octanol–water partition coefficient (Wildman–Crippen LogP) is 1.66. The van der Waals surface area contributed by atoms with Crippen LogP contribution in [0.3, 0.4) is 0 Å². The fourth-order valence-electron chi connectivity index (χ4n) is 1.65. The molecule has 1 aliphatic heterocycles. The molecule has 116 valence electrons. The Hall–Kier alpha value is -1.14. The first-order chi connectivity index (χ1) is 9.58. The molecule has 1 rings (SSSR count). The molecule has 0 aliphatic carbocycles. The van der Waals surface area contributed by atoms with Crippen LogP contribution in [0.2, 0.25) is 0 Å². The average Bonchev–Trinajstić information content (AvgIpc) is 2.42. The lowest BCUT2D eigenvalue weighted by molar-refractivity contribution is -0.183. The maximum atomic E-state index is 11.5. The molecule has 0 N–H and O–H groups in total. The van der Waals surface area contributed by atoms with E-state index in [0.29, 0.717) is 51.4 Å². The van der Waals surface area contributed by atoms with Crippen LogP contribution >= 0.6 is 0 Å².